The van der Waals surface area contributed by atoms with Gasteiger partial charge in [-0.25, -0.2) is 4.79 Å². The number of rotatable bonds is 6. The Balaban J connectivity index is 3.12. The highest BCUT2D eigenvalue weighted by Gasteiger charge is 2.15. The van der Waals surface area contributed by atoms with Crippen LogP contribution in [0.25, 0.3) is 0 Å². The molecule has 0 bridgehead atoms. The third kappa shape index (κ3) is 3.61. The average Bonchev–Trinajstić information content (AvgIpc) is 2.28. The first-order valence-electron chi connectivity index (χ1n) is 4.91. The van der Waals surface area contributed by atoms with Crippen molar-refractivity contribution in [3.63, 3.8) is 0 Å². The molecule has 1 N–H and O–H groups in total. The van der Waals surface area contributed by atoms with Crippen LogP contribution in [-0.2, 0) is 4.74 Å². The van der Waals surface area contributed by atoms with Crippen LogP contribution in [0.15, 0.2) is 16.6 Å². The monoisotopic (exact) mass is 304 g/mol. The van der Waals surface area contributed by atoms with Crippen LogP contribution in [0.2, 0.25) is 0 Å². The van der Waals surface area contributed by atoms with E-state index in [9.17, 15) is 4.79 Å². The minimum Gasteiger partial charge on any atom is -0.490 e. The standard InChI is InChI=1S/C11H13BrO5/c1-3-16-9-5-7(11(13)14)4-8(12)10(9)17-6-15-2/h4-5H,3,6H2,1-2H3,(H,13,14). The summed E-state index contributed by atoms with van der Waals surface area (Å²) in [5, 5.41) is 8.93. The first-order valence-corrected chi connectivity index (χ1v) is 5.70. The van der Waals surface area contributed by atoms with E-state index in [1.54, 1.807) is 6.92 Å². The number of methoxy groups -OCH3 is 1. The molecule has 0 atom stereocenters. The molecule has 94 valence electrons. The maximum atomic E-state index is 10.9. The van der Waals surface area contributed by atoms with Crippen molar-refractivity contribution < 1.29 is 24.1 Å². The molecule has 0 saturated carbocycles. The highest BCUT2D eigenvalue weighted by molar-refractivity contribution is 9.10. The van der Waals surface area contributed by atoms with Gasteiger partial charge in [-0.15, -0.1) is 0 Å². The van der Waals surface area contributed by atoms with Gasteiger partial charge in [0.25, 0.3) is 0 Å². The van der Waals surface area contributed by atoms with E-state index in [4.69, 9.17) is 19.3 Å². The first-order chi connectivity index (χ1) is 8.10. The Kier molecular flexibility index (Phi) is 5.24. The molecule has 0 spiro atoms. The van der Waals surface area contributed by atoms with Crippen molar-refractivity contribution in [2.75, 3.05) is 20.5 Å². The molecule has 0 aromatic heterocycles. The van der Waals surface area contributed by atoms with Gasteiger partial charge >= 0.3 is 5.97 Å². The van der Waals surface area contributed by atoms with Crippen molar-refractivity contribution in [3.05, 3.63) is 22.2 Å². The summed E-state index contributed by atoms with van der Waals surface area (Å²) in [6.45, 7) is 2.28. The molecule has 0 saturated heterocycles. The van der Waals surface area contributed by atoms with Gasteiger partial charge < -0.3 is 19.3 Å². The molecule has 0 amide bonds. The quantitative estimate of drug-likeness (QED) is 0.818. The van der Waals surface area contributed by atoms with Crippen LogP contribution in [-0.4, -0.2) is 31.6 Å². The average molecular weight is 305 g/mol. The minimum atomic E-state index is -1.02. The maximum absolute atomic E-state index is 10.9. The summed E-state index contributed by atoms with van der Waals surface area (Å²) in [6.07, 6.45) is 0. The van der Waals surface area contributed by atoms with E-state index in [0.717, 1.165) is 0 Å². The van der Waals surface area contributed by atoms with Crippen molar-refractivity contribution in [2.24, 2.45) is 0 Å². The van der Waals surface area contributed by atoms with Gasteiger partial charge in [0.2, 0.25) is 0 Å². The number of aromatic carboxylic acids is 1. The Morgan fingerprint density at radius 3 is 2.65 bits per heavy atom. The summed E-state index contributed by atoms with van der Waals surface area (Å²) in [4.78, 5) is 10.9. The van der Waals surface area contributed by atoms with Crippen molar-refractivity contribution in [2.45, 2.75) is 6.92 Å². The number of hydrogen-bond acceptors (Lipinski definition) is 4. The molecule has 0 fully saturated rings. The fraction of sp³-hybridized carbons (Fsp3) is 0.364. The zero-order valence-electron chi connectivity index (χ0n) is 9.53. The zero-order valence-corrected chi connectivity index (χ0v) is 11.1. The second-order valence-electron chi connectivity index (χ2n) is 3.07. The third-order valence-corrected chi connectivity index (χ3v) is 2.47. The van der Waals surface area contributed by atoms with Crippen LogP contribution >= 0.6 is 15.9 Å². The second kappa shape index (κ2) is 6.46. The molecule has 0 aliphatic carbocycles. The molecule has 0 aliphatic rings. The van der Waals surface area contributed by atoms with Gasteiger partial charge in [0.1, 0.15) is 0 Å². The molecular weight excluding hydrogens is 292 g/mol. The maximum Gasteiger partial charge on any atom is 0.335 e. The van der Waals surface area contributed by atoms with E-state index in [0.29, 0.717) is 22.6 Å². The molecular formula is C11H13BrO5. The van der Waals surface area contributed by atoms with E-state index in [-0.39, 0.29) is 12.4 Å². The Labute approximate surface area is 107 Å². The summed E-state index contributed by atoms with van der Waals surface area (Å²) in [6, 6.07) is 2.87. The first kappa shape index (κ1) is 13.8. The number of benzene rings is 1. The number of carboxylic acid groups (broad SMARTS) is 1. The van der Waals surface area contributed by atoms with Gasteiger partial charge in [0.05, 0.1) is 16.6 Å². The molecule has 0 aliphatic heterocycles. The summed E-state index contributed by atoms with van der Waals surface area (Å²) in [7, 11) is 1.50. The fourth-order valence-electron chi connectivity index (χ4n) is 1.21. The smallest absolute Gasteiger partial charge is 0.335 e. The largest absolute Gasteiger partial charge is 0.490 e. The van der Waals surface area contributed by atoms with Crippen molar-refractivity contribution in [3.8, 4) is 11.5 Å². The van der Waals surface area contributed by atoms with Gasteiger partial charge in [-0.1, -0.05) is 0 Å². The van der Waals surface area contributed by atoms with E-state index >= 15 is 0 Å². The topological polar surface area (TPSA) is 65.0 Å². The predicted molar refractivity (Wildman–Crippen MR) is 64.8 cm³/mol. The van der Waals surface area contributed by atoms with Gasteiger partial charge in [0.15, 0.2) is 18.3 Å². The summed E-state index contributed by atoms with van der Waals surface area (Å²) >= 11 is 3.24. The zero-order chi connectivity index (χ0) is 12.8. The second-order valence-corrected chi connectivity index (χ2v) is 3.93. The van der Waals surface area contributed by atoms with Gasteiger partial charge in [0, 0.05) is 7.11 Å². The van der Waals surface area contributed by atoms with Crippen molar-refractivity contribution in [1.29, 1.82) is 0 Å². The molecule has 17 heavy (non-hydrogen) atoms. The summed E-state index contributed by atoms with van der Waals surface area (Å²) < 4.78 is 16.0. The van der Waals surface area contributed by atoms with Crippen LogP contribution in [0, 0.1) is 0 Å². The molecule has 1 rings (SSSR count). The number of carbonyl (C=O) groups is 1. The number of ether oxygens (including phenoxy) is 3. The normalized spacial score (nSPS) is 10.1. The van der Waals surface area contributed by atoms with Gasteiger partial charge in [-0.05, 0) is 35.0 Å². The van der Waals surface area contributed by atoms with E-state index in [1.165, 1.54) is 19.2 Å². The summed E-state index contributed by atoms with van der Waals surface area (Å²) in [5.41, 5.74) is 0.130. The number of carboxylic acids is 1. The van der Waals surface area contributed by atoms with Crippen LogP contribution < -0.4 is 9.47 Å². The van der Waals surface area contributed by atoms with E-state index in [1.807, 2.05) is 0 Å². The van der Waals surface area contributed by atoms with Crippen LogP contribution in [0.1, 0.15) is 17.3 Å². The molecule has 0 radical (unpaired) electrons. The molecule has 1 aromatic rings. The SMILES string of the molecule is CCOc1cc(C(=O)O)cc(Br)c1OCOC. The molecule has 1 aromatic carbocycles. The van der Waals surface area contributed by atoms with Crippen LogP contribution in [0.5, 0.6) is 11.5 Å². The lowest BCUT2D eigenvalue weighted by Gasteiger charge is -2.13. The molecule has 6 heteroatoms. The minimum absolute atomic E-state index is 0.0606. The molecule has 5 nitrogen and oxygen atoms in total. The van der Waals surface area contributed by atoms with E-state index in [2.05, 4.69) is 15.9 Å². The van der Waals surface area contributed by atoms with Crippen LogP contribution in [0.4, 0.5) is 0 Å². The fourth-order valence-corrected chi connectivity index (χ4v) is 1.77. The lowest BCUT2D eigenvalue weighted by Crippen LogP contribution is -2.05. The predicted octanol–water partition coefficient (Wildman–Crippen LogP) is 2.53. The van der Waals surface area contributed by atoms with Crippen LogP contribution in [0.3, 0.4) is 0 Å². The van der Waals surface area contributed by atoms with Gasteiger partial charge in [-0.3, -0.25) is 0 Å². The third-order valence-electron chi connectivity index (χ3n) is 1.88. The lowest BCUT2D eigenvalue weighted by atomic mass is 10.2. The highest BCUT2D eigenvalue weighted by atomic mass is 79.9. The van der Waals surface area contributed by atoms with Crippen molar-refractivity contribution >= 4 is 21.9 Å². The lowest BCUT2D eigenvalue weighted by molar-refractivity contribution is 0.0481. The highest BCUT2D eigenvalue weighted by Crippen LogP contribution is 2.36. The van der Waals surface area contributed by atoms with E-state index < -0.39 is 5.97 Å². The van der Waals surface area contributed by atoms with Crippen molar-refractivity contribution in [1.82, 2.24) is 0 Å². The Morgan fingerprint density at radius 2 is 2.12 bits per heavy atom. The molecule has 0 heterocycles. The number of halogens is 1. The Bertz CT molecular complexity index is 405. The summed E-state index contributed by atoms with van der Waals surface area (Å²) in [5.74, 6) is -0.222. The Morgan fingerprint density at radius 1 is 1.41 bits per heavy atom. The molecule has 0 unspecified atom stereocenters. The Hall–Kier alpha value is -1.27. The number of hydrogen-bond donors (Lipinski definition) is 1. The van der Waals surface area contributed by atoms with Gasteiger partial charge in [-0.2, -0.15) is 0 Å².